The standard InChI is InChI=1S/C28H23BrClF3N2O4S/c1-34-27(36)25-20-13-19(16-3-4-16)23(14-24(20)39-26(25)17-5-7-18(30)8-6-17)35-40(37,38)11-10-15-2-9-22(29)21(12-15)28(31,32)33/h2,5-9,12-14,16,35H,3-4,10-11H2,1H3,(H,34,36). The third kappa shape index (κ3) is 6.01. The Morgan fingerprint density at radius 3 is 2.42 bits per heavy atom. The summed E-state index contributed by atoms with van der Waals surface area (Å²) in [6, 6.07) is 13.8. The number of carbonyl (C=O) groups excluding carboxylic acids is 1. The van der Waals surface area contributed by atoms with E-state index in [0.29, 0.717) is 38.6 Å². The van der Waals surface area contributed by atoms with Gasteiger partial charge in [0.05, 0.1) is 22.6 Å². The maximum Gasteiger partial charge on any atom is 0.417 e. The van der Waals surface area contributed by atoms with E-state index in [1.54, 1.807) is 36.4 Å². The first kappa shape index (κ1) is 28.5. The fraction of sp³-hybridized carbons (Fsp3) is 0.250. The van der Waals surface area contributed by atoms with Crippen molar-refractivity contribution in [2.45, 2.75) is 31.4 Å². The Balaban J connectivity index is 1.49. The van der Waals surface area contributed by atoms with E-state index < -0.39 is 27.5 Å². The van der Waals surface area contributed by atoms with Crippen LogP contribution < -0.4 is 10.0 Å². The molecule has 0 bridgehead atoms. The lowest BCUT2D eigenvalue weighted by Gasteiger charge is -2.14. The van der Waals surface area contributed by atoms with Gasteiger partial charge in [0.2, 0.25) is 10.0 Å². The third-order valence-corrected chi connectivity index (χ3v) is 8.91. The van der Waals surface area contributed by atoms with Crippen LogP contribution in [0.5, 0.6) is 0 Å². The molecule has 0 atom stereocenters. The smallest absolute Gasteiger partial charge is 0.417 e. The molecule has 0 unspecified atom stereocenters. The monoisotopic (exact) mass is 654 g/mol. The van der Waals surface area contributed by atoms with E-state index >= 15 is 0 Å². The number of hydrogen-bond donors (Lipinski definition) is 2. The third-order valence-electron chi connectivity index (χ3n) is 6.70. The van der Waals surface area contributed by atoms with E-state index in [4.69, 9.17) is 16.0 Å². The minimum absolute atomic E-state index is 0.106. The molecule has 1 fully saturated rings. The quantitative estimate of drug-likeness (QED) is 0.203. The van der Waals surface area contributed by atoms with E-state index in [1.807, 2.05) is 0 Å². The molecule has 1 aliphatic carbocycles. The van der Waals surface area contributed by atoms with Crippen LogP contribution in [0, 0.1) is 0 Å². The van der Waals surface area contributed by atoms with Crippen molar-refractivity contribution in [1.82, 2.24) is 5.32 Å². The first-order valence-corrected chi connectivity index (χ1v) is 15.1. The average molecular weight is 656 g/mol. The van der Waals surface area contributed by atoms with Gasteiger partial charge < -0.3 is 9.73 Å². The molecule has 6 nitrogen and oxygen atoms in total. The summed E-state index contributed by atoms with van der Waals surface area (Å²) in [6.07, 6.45) is -2.97. The number of nitrogens with one attached hydrogen (secondary N) is 2. The first-order chi connectivity index (χ1) is 18.9. The number of halogens is 5. The number of aryl methyl sites for hydroxylation is 1. The summed E-state index contributed by atoms with van der Waals surface area (Å²) in [6.45, 7) is 0. The number of furan rings is 1. The van der Waals surface area contributed by atoms with E-state index in [1.165, 1.54) is 19.2 Å². The molecule has 1 amide bonds. The molecule has 210 valence electrons. The molecule has 1 aliphatic rings. The Morgan fingerprint density at radius 1 is 1.10 bits per heavy atom. The zero-order valence-corrected chi connectivity index (χ0v) is 24.2. The Morgan fingerprint density at radius 2 is 1.80 bits per heavy atom. The maximum absolute atomic E-state index is 13.3. The van der Waals surface area contributed by atoms with Crippen molar-refractivity contribution >= 4 is 60.1 Å². The molecule has 1 aromatic heterocycles. The van der Waals surface area contributed by atoms with Gasteiger partial charge in [-0.2, -0.15) is 13.2 Å². The van der Waals surface area contributed by atoms with E-state index in [0.717, 1.165) is 24.5 Å². The molecule has 0 radical (unpaired) electrons. The highest BCUT2D eigenvalue weighted by Gasteiger charge is 2.33. The molecule has 2 N–H and O–H groups in total. The molecule has 0 spiro atoms. The summed E-state index contributed by atoms with van der Waals surface area (Å²) in [4.78, 5) is 12.9. The van der Waals surface area contributed by atoms with Crippen LogP contribution in [0.15, 0.2) is 63.5 Å². The zero-order valence-electron chi connectivity index (χ0n) is 21.0. The van der Waals surface area contributed by atoms with Gasteiger partial charge in [0, 0.05) is 33.6 Å². The van der Waals surface area contributed by atoms with Crippen LogP contribution >= 0.6 is 27.5 Å². The molecule has 0 saturated heterocycles. The molecule has 3 aromatic carbocycles. The second kappa shape index (κ2) is 10.8. The summed E-state index contributed by atoms with van der Waals surface area (Å²) in [7, 11) is -2.43. The molecule has 4 aromatic rings. The Bertz CT molecular complexity index is 1720. The SMILES string of the molecule is CNC(=O)c1c(-c2ccc(Cl)cc2)oc2cc(NS(=O)(=O)CCc3ccc(Br)c(C(F)(F)F)c3)c(C3CC3)cc12. The van der Waals surface area contributed by atoms with Gasteiger partial charge in [-0.05, 0) is 78.8 Å². The number of anilines is 1. The van der Waals surface area contributed by atoms with E-state index in [9.17, 15) is 26.4 Å². The lowest BCUT2D eigenvalue weighted by molar-refractivity contribution is -0.138. The topological polar surface area (TPSA) is 88.4 Å². The number of alkyl halides is 3. The summed E-state index contributed by atoms with van der Waals surface area (Å²) < 4.78 is 74.6. The van der Waals surface area contributed by atoms with Crippen molar-refractivity contribution in [1.29, 1.82) is 0 Å². The predicted octanol–water partition coefficient (Wildman–Crippen LogP) is 7.76. The lowest BCUT2D eigenvalue weighted by Crippen LogP contribution is -2.19. The maximum atomic E-state index is 13.3. The molecule has 1 heterocycles. The number of hydrogen-bond acceptors (Lipinski definition) is 4. The van der Waals surface area contributed by atoms with Crippen molar-refractivity contribution < 1.29 is 30.8 Å². The van der Waals surface area contributed by atoms with Gasteiger partial charge in [0.1, 0.15) is 11.3 Å². The average Bonchev–Trinajstić information content (AvgIpc) is 3.67. The number of rotatable bonds is 8. The lowest BCUT2D eigenvalue weighted by atomic mass is 10.0. The van der Waals surface area contributed by atoms with Crippen molar-refractivity contribution in [2.75, 3.05) is 17.5 Å². The van der Waals surface area contributed by atoms with Crippen molar-refractivity contribution in [2.24, 2.45) is 0 Å². The second-order valence-corrected chi connectivity index (χ2v) is 12.7. The summed E-state index contributed by atoms with van der Waals surface area (Å²) >= 11 is 8.92. The van der Waals surface area contributed by atoms with Crippen molar-refractivity contribution in [3.05, 3.63) is 86.3 Å². The predicted molar refractivity (Wildman–Crippen MR) is 152 cm³/mol. The second-order valence-electron chi connectivity index (χ2n) is 9.58. The Labute approximate surface area is 242 Å². The largest absolute Gasteiger partial charge is 0.455 e. The molecule has 40 heavy (non-hydrogen) atoms. The molecular weight excluding hydrogens is 633 g/mol. The van der Waals surface area contributed by atoms with Crippen LogP contribution in [0.1, 0.15) is 45.8 Å². The van der Waals surface area contributed by atoms with Gasteiger partial charge in [0.15, 0.2) is 0 Å². The van der Waals surface area contributed by atoms with Gasteiger partial charge in [-0.1, -0.05) is 33.6 Å². The van der Waals surface area contributed by atoms with Gasteiger partial charge in [0.25, 0.3) is 5.91 Å². The van der Waals surface area contributed by atoms with Gasteiger partial charge in [-0.25, -0.2) is 8.42 Å². The van der Waals surface area contributed by atoms with Gasteiger partial charge in [-0.3, -0.25) is 9.52 Å². The highest BCUT2D eigenvalue weighted by atomic mass is 79.9. The number of sulfonamides is 1. The van der Waals surface area contributed by atoms with Crippen LogP contribution in [0.4, 0.5) is 18.9 Å². The fourth-order valence-electron chi connectivity index (χ4n) is 4.55. The van der Waals surface area contributed by atoms with E-state index in [-0.39, 0.29) is 28.3 Å². The minimum atomic E-state index is -4.57. The van der Waals surface area contributed by atoms with Crippen LogP contribution in [-0.4, -0.2) is 27.1 Å². The number of amides is 1. The Hall–Kier alpha value is -3.02. The Kier molecular flexibility index (Phi) is 7.66. The minimum Gasteiger partial charge on any atom is -0.455 e. The molecule has 5 rings (SSSR count). The van der Waals surface area contributed by atoms with Crippen LogP contribution in [0.25, 0.3) is 22.3 Å². The van der Waals surface area contributed by atoms with Crippen LogP contribution in [0.2, 0.25) is 5.02 Å². The molecule has 0 aliphatic heterocycles. The van der Waals surface area contributed by atoms with Crippen molar-refractivity contribution in [3.63, 3.8) is 0 Å². The number of carbonyl (C=O) groups is 1. The highest BCUT2D eigenvalue weighted by molar-refractivity contribution is 9.10. The highest BCUT2D eigenvalue weighted by Crippen LogP contribution is 2.47. The normalized spacial score (nSPS) is 13.9. The van der Waals surface area contributed by atoms with Gasteiger partial charge in [-0.15, -0.1) is 0 Å². The first-order valence-electron chi connectivity index (χ1n) is 12.3. The molecule has 12 heteroatoms. The fourth-order valence-corrected chi connectivity index (χ4v) is 6.27. The van der Waals surface area contributed by atoms with Crippen LogP contribution in [0.3, 0.4) is 0 Å². The number of fused-ring (bicyclic) bond motifs is 1. The van der Waals surface area contributed by atoms with E-state index in [2.05, 4.69) is 26.0 Å². The summed E-state index contributed by atoms with van der Waals surface area (Å²) in [5.74, 6) is -0.351. The zero-order chi connectivity index (χ0) is 28.8. The van der Waals surface area contributed by atoms with Crippen molar-refractivity contribution in [3.8, 4) is 11.3 Å². The molecule has 1 saturated carbocycles. The van der Waals surface area contributed by atoms with Gasteiger partial charge >= 0.3 is 6.18 Å². The van der Waals surface area contributed by atoms with Crippen LogP contribution in [-0.2, 0) is 22.6 Å². The summed E-state index contributed by atoms with van der Waals surface area (Å²) in [5.41, 5.74) is 1.70. The summed E-state index contributed by atoms with van der Waals surface area (Å²) in [5, 5.41) is 3.70. The number of benzene rings is 3. The molecular formula is C28H23BrClF3N2O4S.